The van der Waals surface area contributed by atoms with Crippen molar-refractivity contribution in [2.24, 2.45) is 0 Å². The number of rotatable bonds is 5. The van der Waals surface area contributed by atoms with Crippen LogP contribution in [0, 0.1) is 0 Å². The number of carbonyl (C=O) groups excluding carboxylic acids is 1. The van der Waals surface area contributed by atoms with Gasteiger partial charge in [0.25, 0.3) is 5.91 Å². The van der Waals surface area contributed by atoms with Gasteiger partial charge < -0.3 is 14.5 Å². The quantitative estimate of drug-likeness (QED) is 0.593. The SMILES string of the molecule is CSc1ncc(C(=O)N2CCO[C@@H](CN(C)C)[C@@H]2c2ccccc2)cn1. The summed E-state index contributed by atoms with van der Waals surface area (Å²) in [5, 5.41) is 0.661. The molecule has 0 spiro atoms. The number of hydrogen-bond donors (Lipinski definition) is 0. The first kappa shape index (κ1) is 18.8. The Morgan fingerprint density at radius 2 is 1.96 bits per heavy atom. The predicted molar refractivity (Wildman–Crippen MR) is 102 cm³/mol. The maximum atomic E-state index is 13.2. The Morgan fingerprint density at radius 3 is 2.58 bits per heavy atom. The topological polar surface area (TPSA) is 58.6 Å². The summed E-state index contributed by atoms with van der Waals surface area (Å²) in [7, 11) is 4.03. The molecular formula is C19H24N4O2S. The van der Waals surface area contributed by atoms with Gasteiger partial charge in [-0.05, 0) is 25.9 Å². The molecule has 1 aromatic heterocycles. The van der Waals surface area contributed by atoms with Crippen LogP contribution >= 0.6 is 11.8 Å². The van der Waals surface area contributed by atoms with Crippen LogP contribution in [0.1, 0.15) is 22.0 Å². The van der Waals surface area contributed by atoms with Crippen LogP contribution in [-0.4, -0.2) is 71.8 Å². The van der Waals surface area contributed by atoms with Crippen LogP contribution in [0.3, 0.4) is 0 Å². The van der Waals surface area contributed by atoms with Crippen LogP contribution < -0.4 is 0 Å². The first-order valence-electron chi connectivity index (χ1n) is 8.58. The summed E-state index contributed by atoms with van der Waals surface area (Å²) < 4.78 is 6.04. The molecule has 6 nitrogen and oxygen atoms in total. The Morgan fingerprint density at radius 1 is 1.27 bits per heavy atom. The fourth-order valence-electron chi connectivity index (χ4n) is 3.22. The second-order valence-electron chi connectivity index (χ2n) is 6.48. The van der Waals surface area contributed by atoms with Gasteiger partial charge in [0, 0.05) is 25.5 Å². The highest BCUT2D eigenvalue weighted by Crippen LogP contribution is 2.31. The standard InChI is InChI=1S/C19H24N4O2S/c1-22(2)13-16-17(14-7-5-4-6-8-14)23(9-10-25-16)18(24)15-11-20-19(26-3)21-12-15/h4-8,11-12,16-17H,9-10,13H2,1-3H3/t16-,17-/m0/s1. The lowest BCUT2D eigenvalue weighted by Gasteiger charge is -2.42. The van der Waals surface area contributed by atoms with Gasteiger partial charge in [-0.3, -0.25) is 4.79 Å². The number of benzene rings is 1. The van der Waals surface area contributed by atoms with E-state index < -0.39 is 0 Å². The Kier molecular flexibility index (Phi) is 6.24. The zero-order valence-corrected chi connectivity index (χ0v) is 16.1. The third-order valence-electron chi connectivity index (χ3n) is 4.36. The van der Waals surface area contributed by atoms with Crippen molar-refractivity contribution < 1.29 is 9.53 Å². The highest BCUT2D eigenvalue weighted by Gasteiger charge is 2.37. The number of amides is 1. The molecule has 2 aromatic rings. The minimum absolute atomic E-state index is 0.0569. The van der Waals surface area contributed by atoms with E-state index in [1.54, 1.807) is 12.4 Å². The second kappa shape index (κ2) is 8.62. The van der Waals surface area contributed by atoms with Gasteiger partial charge in [0.1, 0.15) is 0 Å². The molecule has 0 radical (unpaired) electrons. The molecule has 26 heavy (non-hydrogen) atoms. The maximum Gasteiger partial charge on any atom is 0.257 e. The Hall–Kier alpha value is -1.96. The third-order valence-corrected chi connectivity index (χ3v) is 4.93. The van der Waals surface area contributed by atoms with E-state index in [1.807, 2.05) is 43.5 Å². The van der Waals surface area contributed by atoms with Crippen LogP contribution in [0.4, 0.5) is 0 Å². The lowest BCUT2D eigenvalue weighted by molar-refractivity contribution is -0.0684. The van der Waals surface area contributed by atoms with E-state index in [-0.39, 0.29) is 18.1 Å². The van der Waals surface area contributed by atoms with Gasteiger partial charge in [-0.15, -0.1) is 0 Å². The predicted octanol–water partition coefficient (Wildman–Crippen LogP) is 2.34. The Bertz CT molecular complexity index is 724. The van der Waals surface area contributed by atoms with Crippen LogP contribution in [0.5, 0.6) is 0 Å². The molecule has 1 amide bonds. The van der Waals surface area contributed by atoms with Crippen molar-refractivity contribution in [3.63, 3.8) is 0 Å². The normalized spacial score (nSPS) is 20.4. The molecule has 7 heteroatoms. The van der Waals surface area contributed by atoms with Crippen LogP contribution in [0.15, 0.2) is 47.9 Å². The van der Waals surface area contributed by atoms with Crippen molar-refractivity contribution in [1.29, 1.82) is 0 Å². The zero-order chi connectivity index (χ0) is 18.5. The molecule has 2 heterocycles. The van der Waals surface area contributed by atoms with E-state index in [0.29, 0.717) is 23.9 Å². The van der Waals surface area contributed by atoms with Crippen molar-refractivity contribution in [2.45, 2.75) is 17.3 Å². The number of thioether (sulfide) groups is 1. The monoisotopic (exact) mass is 372 g/mol. The van der Waals surface area contributed by atoms with Gasteiger partial charge in [0.15, 0.2) is 5.16 Å². The minimum atomic E-state index is -0.139. The highest BCUT2D eigenvalue weighted by atomic mass is 32.2. The molecule has 3 rings (SSSR count). The summed E-state index contributed by atoms with van der Waals surface area (Å²) in [4.78, 5) is 25.7. The number of morpholine rings is 1. The van der Waals surface area contributed by atoms with Crippen molar-refractivity contribution in [2.75, 3.05) is 40.0 Å². The molecule has 0 saturated carbocycles. The summed E-state index contributed by atoms with van der Waals surface area (Å²) in [5.74, 6) is -0.0569. The van der Waals surface area contributed by atoms with Crippen LogP contribution in [-0.2, 0) is 4.74 Å². The smallest absolute Gasteiger partial charge is 0.257 e. The van der Waals surface area contributed by atoms with Crippen molar-refractivity contribution in [1.82, 2.24) is 19.8 Å². The Labute approximate surface area is 158 Å². The van der Waals surface area contributed by atoms with E-state index in [9.17, 15) is 4.79 Å². The Balaban J connectivity index is 1.92. The largest absolute Gasteiger partial charge is 0.373 e. The maximum absolute atomic E-state index is 13.2. The van der Waals surface area contributed by atoms with Gasteiger partial charge >= 0.3 is 0 Å². The summed E-state index contributed by atoms with van der Waals surface area (Å²) >= 11 is 1.46. The molecule has 1 aliphatic heterocycles. The van der Waals surface area contributed by atoms with Gasteiger partial charge in [0.2, 0.25) is 0 Å². The average molecular weight is 372 g/mol. The fraction of sp³-hybridized carbons (Fsp3) is 0.421. The lowest BCUT2D eigenvalue weighted by Crippen LogP contribution is -2.51. The molecule has 0 N–H and O–H groups in total. The average Bonchev–Trinajstić information content (AvgIpc) is 2.67. The first-order valence-corrected chi connectivity index (χ1v) is 9.81. The highest BCUT2D eigenvalue weighted by molar-refractivity contribution is 7.98. The molecule has 1 aromatic carbocycles. The molecule has 0 bridgehead atoms. The number of hydrogen-bond acceptors (Lipinski definition) is 6. The third kappa shape index (κ3) is 4.23. The number of likely N-dealkylation sites (N-methyl/N-ethyl adjacent to an activating group) is 1. The van der Waals surface area contributed by atoms with E-state index in [0.717, 1.165) is 12.1 Å². The zero-order valence-electron chi connectivity index (χ0n) is 15.3. The molecule has 2 atom stereocenters. The van der Waals surface area contributed by atoms with E-state index in [4.69, 9.17) is 4.74 Å². The van der Waals surface area contributed by atoms with Crippen molar-refractivity contribution in [3.8, 4) is 0 Å². The van der Waals surface area contributed by atoms with Gasteiger partial charge in [-0.25, -0.2) is 9.97 Å². The molecule has 0 aliphatic carbocycles. The minimum Gasteiger partial charge on any atom is -0.373 e. The van der Waals surface area contributed by atoms with Gasteiger partial charge in [0.05, 0.1) is 24.3 Å². The van der Waals surface area contributed by atoms with Gasteiger partial charge in [-0.1, -0.05) is 42.1 Å². The van der Waals surface area contributed by atoms with Crippen LogP contribution in [0.25, 0.3) is 0 Å². The fourth-order valence-corrected chi connectivity index (χ4v) is 3.53. The van der Waals surface area contributed by atoms with E-state index in [2.05, 4.69) is 27.0 Å². The van der Waals surface area contributed by atoms with E-state index in [1.165, 1.54) is 11.8 Å². The first-order chi connectivity index (χ1) is 12.6. The number of aromatic nitrogens is 2. The summed E-state index contributed by atoms with van der Waals surface area (Å²) in [6.45, 7) is 1.81. The lowest BCUT2D eigenvalue weighted by atomic mass is 9.97. The molecule has 1 saturated heterocycles. The number of ether oxygens (including phenoxy) is 1. The van der Waals surface area contributed by atoms with Gasteiger partial charge in [-0.2, -0.15) is 0 Å². The molecule has 138 valence electrons. The van der Waals surface area contributed by atoms with E-state index >= 15 is 0 Å². The summed E-state index contributed by atoms with van der Waals surface area (Å²) in [6, 6.07) is 9.94. The second-order valence-corrected chi connectivity index (χ2v) is 7.26. The summed E-state index contributed by atoms with van der Waals surface area (Å²) in [6.07, 6.45) is 5.05. The van der Waals surface area contributed by atoms with Crippen molar-refractivity contribution in [3.05, 3.63) is 53.9 Å². The van der Waals surface area contributed by atoms with Crippen molar-refractivity contribution >= 4 is 17.7 Å². The molecular weight excluding hydrogens is 348 g/mol. The summed E-state index contributed by atoms with van der Waals surface area (Å²) in [5.41, 5.74) is 1.59. The number of carbonyl (C=O) groups is 1. The molecule has 0 unspecified atom stereocenters. The number of nitrogens with zero attached hydrogens (tertiary/aromatic N) is 4. The molecule has 1 aliphatic rings. The molecule has 1 fully saturated rings. The van der Waals surface area contributed by atoms with Crippen LogP contribution in [0.2, 0.25) is 0 Å².